The second-order valence-electron chi connectivity index (χ2n) is 10.9. The predicted molar refractivity (Wildman–Crippen MR) is 207 cm³/mol. The van der Waals surface area contributed by atoms with Gasteiger partial charge in [0.15, 0.2) is 28.7 Å². The lowest BCUT2D eigenvalue weighted by molar-refractivity contribution is -0.115. The number of carbonyl (C=O) groups is 2. The lowest BCUT2D eigenvalue weighted by Crippen LogP contribution is -2.33. The van der Waals surface area contributed by atoms with Crippen molar-refractivity contribution in [1.29, 1.82) is 0 Å². The Morgan fingerprint density at radius 1 is 0.627 bits per heavy atom. The quantitative estimate of drug-likeness (QED) is 0.0747. The van der Waals surface area contributed by atoms with Crippen LogP contribution in [0.1, 0.15) is 22.3 Å². The number of aromatic hydroxyl groups is 2. The highest BCUT2D eigenvalue weighted by Gasteiger charge is 2.20. The number of phenolic OH excluding ortho intramolecular Hbond substituents is 2. The Labute approximate surface area is 332 Å². The minimum atomic E-state index is -0.676. The summed E-state index contributed by atoms with van der Waals surface area (Å²) in [6.07, 6.45) is 3.22. The molecule has 4 aliphatic heterocycles. The van der Waals surface area contributed by atoms with Crippen molar-refractivity contribution in [1.82, 2.24) is 10.6 Å². The molecular formula is C34H25Br5N4O8. The largest absolute Gasteiger partial charge is 0.503 e. The van der Waals surface area contributed by atoms with Crippen molar-refractivity contribution in [2.75, 3.05) is 6.54 Å². The zero-order valence-corrected chi connectivity index (χ0v) is 33.8. The third kappa shape index (κ3) is 9.51. The number of carbonyl (C=O) groups excluding carboxylic acids is 2. The van der Waals surface area contributed by atoms with Crippen LogP contribution < -0.4 is 20.1 Å². The standard InChI is InChI=1S/C34H25Br5N4O8/c35-20-7-16-1-2-27(20)50-28-15-19(11-22(37)30(28)44)13-26(43-49)34(47)40-5-3-17-9-23(38)32(24(39)10-17)51-29-14-18(8-21(36)31(29)45)4-6-41-33(46)25(12-16)42-48/h1-3,5,7-11,14-15,44-45,48-49H,4,6,12-13H2,(H,40,47)(H,41,46)/b5-3+,42-25-,43-26-. The average molecular weight is 1020 g/mol. The van der Waals surface area contributed by atoms with Gasteiger partial charge in [-0.1, -0.05) is 16.4 Å². The Bertz CT molecular complexity index is 2100. The minimum Gasteiger partial charge on any atom is -0.503 e. The summed E-state index contributed by atoms with van der Waals surface area (Å²) in [7, 11) is 0. The van der Waals surface area contributed by atoms with Crippen molar-refractivity contribution in [2.24, 2.45) is 10.3 Å². The molecule has 4 aliphatic rings. The molecule has 0 radical (unpaired) electrons. The maximum absolute atomic E-state index is 13.0. The van der Waals surface area contributed by atoms with E-state index in [1.807, 2.05) is 0 Å². The molecule has 4 heterocycles. The maximum atomic E-state index is 13.0. The number of oxime groups is 2. The van der Waals surface area contributed by atoms with Gasteiger partial charge in [-0.3, -0.25) is 9.59 Å². The Morgan fingerprint density at radius 2 is 1.20 bits per heavy atom. The van der Waals surface area contributed by atoms with Crippen LogP contribution in [0.4, 0.5) is 0 Å². The Morgan fingerprint density at radius 3 is 1.84 bits per heavy atom. The summed E-state index contributed by atoms with van der Waals surface area (Å²) in [5, 5.41) is 52.6. The number of ether oxygens (including phenoxy) is 2. The van der Waals surface area contributed by atoms with Crippen LogP contribution in [0, 0.1) is 0 Å². The molecule has 0 saturated heterocycles. The third-order valence-corrected chi connectivity index (χ3v) is 10.3. The first-order valence-corrected chi connectivity index (χ1v) is 18.7. The van der Waals surface area contributed by atoms with Gasteiger partial charge in [-0.2, -0.15) is 0 Å². The van der Waals surface area contributed by atoms with Crippen LogP contribution in [0.25, 0.3) is 6.08 Å². The summed E-state index contributed by atoms with van der Waals surface area (Å²) >= 11 is 17.1. The fraction of sp³-hybridized carbons (Fsp3) is 0.118. The number of phenols is 2. The van der Waals surface area contributed by atoms with E-state index in [-0.39, 0.29) is 58.3 Å². The zero-order chi connectivity index (χ0) is 36.8. The highest BCUT2D eigenvalue weighted by molar-refractivity contribution is 9.11. The van der Waals surface area contributed by atoms with Crippen LogP contribution in [0.3, 0.4) is 0 Å². The zero-order valence-electron chi connectivity index (χ0n) is 25.9. The average Bonchev–Trinajstić information content (AvgIpc) is 3.08. The number of amides is 2. The second kappa shape index (κ2) is 17.1. The van der Waals surface area contributed by atoms with Gasteiger partial charge in [-0.05, 0) is 163 Å². The maximum Gasteiger partial charge on any atom is 0.273 e. The molecule has 17 heteroatoms. The number of nitrogens with one attached hydrogen (secondary N) is 2. The number of rotatable bonds is 0. The molecule has 0 saturated carbocycles. The van der Waals surface area contributed by atoms with Gasteiger partial charge in [0.25, 0.3) is 11.8 Å². The van der Waals surface area contributed by atoms with Gasteiger partial charge in [0, 0.05) is 25.6 Å². The Hall–Kier alpha value is -3.90. The van der Waals surface area contributed by atoms with Gasteiger partial charge in [0.05, 0.1) is 22.4 Å². The van der Waals surface area contributed by atoms with Crippen LogP contribution in [0.2, 0.25) is 0 Å². The molecule has 0 spiro atoms. The normalized spacial score (nSPS) is 16.5. The SMILES string of the molecule is O=C1N/C=C/c2cc(Br)c(c(Br)c2)Oc2cc(cc(Br)c2O)CCNC(=O)/C(=N\O)Cc2ccc(c(Br)c2)Oc2cc(cc(Br)c2O)C/C1=N/O. The molecule has 8 bridgehead atoms. The van der Waals surface area contributed by atoms with E-state index in [2.05, 4.69) is 101 Å². The first-order chi connectivity index (χ1) is 24.4. The molecular weight excluding hydrogens is 992 g/mol. The van der Waals surface area contributed by atoms with E-state index in [4.69, 9.17) is 9.47 Å². The van der Waals surface area contributed by atoms with Crippen molar-refractivity contribution in [3.8, 4) is 34.5 Å². The Balaban J connectivity index is 1.50. The molecule has 0 fully saturated rings. The number of hydrogen-bond donors (Lipinski definition) is 6. The van der Waals surface area contributed by atoms with Crippen LogP contribution >= 0.6 is 79.6 Å². The second-order valence-corrected chi connectivity index (χ2v) is 15.2. The number of halogens is 5. The molecule has 2 amide bonds. The first-order valence-electron chi connectivity index (χ1n) is 14.7. The molecule has 51 heavy (non-hydrogen) atoms. The monoisotopic (exact) mass is 1010 g/mol. The van der Waals surface area contributed by atoms with Crippen LogP contribution in [-0.2, 0) is 28.9 Å². The number of benzene rings is 4. The van der Waals surface area contributed by atoms with Gasteiger partial charge in [0.2, 0.25) is 0 Å². The molecule has 0 unspecified atom stereocenters. The fourth-order valence-corrected chi connectivity index (χ4v) is 7.69. The Kier molecular flexibility index (Phi) is 12.8. The smallest absolute Gasteiger partial charge is 0.273 e. The van der Waals surface area contributed by atoms with Crippen molar-refractivity contribution >= 4 is 109 Å². The molecule has 0 aromatic heterocycles. The number of hydrogen-bond acceptors (Lipinski definition) is 10. The topological polar surface area (TPSA) is 182 Å². The van der Waals surface area contributed by atoms with E-state index in [1.165, 1.54) is 12.3 Å². The fourth-order valence-electron chi connectivity index (χ4n) is 4.82. The minimum absolute atomic E-state index is 0.0146. The summed E-state index contributed by atoms with van der Waals surface area (Å²) in [4.78, 5) is 25.9. The van der Waals surface area contributed by atoms with Gasteiger partial charge in [-0.15, -0.1) is 0 Å². The highest BCUT2D eigenvalue weighted by atomic mass is 79.9. The van der Waals surface area contributed by atoms with Crippen molar-refractivity contribution in [3.63, 3.8) is 0 Å². The van der Waals surface area contributed by atoms with Crippen molar-refractivity contribution in [2.45, 2.75) is 19.3 Å². The molecule has 0 atom stereocenters. The summed E-state index contributed by atoms with van der Waals surface area (Å²) in [5.41, 5.74) is 2.12. The molecule has 6 N–H and O–H groups in total. The van der Waals surface area contributed by atoms with E-state index in [1.54, 1.807) is 54.6 Å². The summed E-state index contributed by atoms with van der Waals surface area (Å²) in [6, 6.07) is 14.8. The van der Waals surface area contributed by atoms with Crippen molar-refractivity contribution in [3.05, 3.63) is 105 Å². The van der Waals surface area contributed by atoms with Crippen LogP contribution in [0.5, 0.6) is 34.5 Å². The van der Waals surface area contributed by atoms with E-state index in [9.17, 15) is 30.2 Å². The van der Waals surface area contributed by atoms with E-state index in [0.717, 1.165) is 5.56 Å². The van der Waals surface area contributed by atoms with Gasteiger partial charge in [0.1, 0.15) is 17.2 Å². The lowest BCUT2D eigenvalue weighted by Gasteiger charge is -2.15. The van der Waals surface area contributed by atoms with Gasteiger partial charge in [-0.25, -0.2) is 0 Å². The molecule has 0 aliphatic carbocycles. The van der Waals surface area contributed by atoms with Crippen LogP contribution in [0.15, 0.2) is 93.5 Å². The number of nitrogens with zero attached hydrogens (tertiary/aromatic N) is 2. The lowest BCUT2D eigenvalue weighted by atomic mass is 10.1. The predicted octanol–water partition coefficient (Wildman–Crippen LogP) is 8.70. The van der Waals surface area contributed by atoms with Gasteiger partial charge < -0.3 is 40.7 Å². The van der Waals surface area contributed by atoms with E-state index >= 15 is 0 Å². The molecule has 8 rings (SSSR count). The van der Waals surface area contributed by atoms with E-state index in [0.29, 0.717) is 52.5 Å². The third-order valence-electron chi connectivity index (χ3n) is 7.32. The summed E-state index contributed by atoms with van der Waals surface area (Å²) in [6.45, 7) is 0.180. The molecule has 264 valence electrons. The molecule has 12 nitrogen and oxygen atoms in total. The van der Waals surface area contributed by atoms with Crippen molar-refractivity contribution < 1.29 is 39.7 Å². The summed E-state index contributed by atoms with van der Waals surface area (Å²) in [5.74, 6) is -0.732. The molecule has 4 aromatic rings. The first kappa shape index (κ1) is 38.3. The van der Waals surface area contributed by atoms with Gasteiger partial charge >= 0.3 is 0 Å². The van der Waals surface area contributed by atoms with E-state index < -0.39 is 11.8 Å². The van der Waals surface area contributed by atoms with Crippen LogP contribution in [-0.4, -0.2) is 50.4 Å². The highest BCUT2D eigenvalue weighted by Crippen LogP contribution is 2.44. The molecule has 4 aromatic carbocycles. The summed E-state index contributed by atoms with van der Waals surface area (Å²) < 4.78 is 14.3.